The average molecular weight is 371 g/mol. The molecule has 140 valence electrons. The Morgan fingerprint density at radius 2 is 2.00 bits per heavy atom. The quantitative estimate of drug-likeness (QED) is 0.746. The summed E-state index contributed by atoms with van der Waals surface area (Å²) in [6.45, 7) is 12.1. The van der Waals surface area contributed by atoms with Crippen LogP contribution in [0.2, 0.25) is 0 Å². The van der Waals surface area contributed by atoms with Crippen LogP contribution in [0, 0.1) is 12.8 Å². The van der Waals surface area contributed by atoms with Crippen molar-refractivity contribution >= 4 is 17.2 Å². The lowest BCUT2D eigenvalue weighted by atomic mass is 9.86. The van der Waals surface area contributed by atoms with Crippen LogP contribution < -0.4 is 0 Å². The Morgan fingerprint density at radius 1 is 1.23 bits per heavy atom. The first-order valence-corrected chi connectivity index (χ1v) is 10.4. The van der Waals surface area contributed by atoms with E-state index in [0.717, 1.165) is 26.2 Å². The maximum absolute atomic E-state index is 12.1. The van der Waals surface area contributed by atoms with E-state index in [4.69, 9.17) is 0 Å². The van der Waals surface area contributed by atoms with E-state index in [9.17, 15) is 4.79 Å². The van der Waals surface area contributed by atoms with Gasteiger partial charge in [-0.3, -0.25) is 9.69 Å². The summed E-state index contributed by atoms with van der Waals surface area (Å²) in [4.78, 5) is 18.1. The molecule has 0 bridgehead atoms. The number of thiophene rings is 1. The van der Waals surface area contributed by atoms with E-state index >= 15 is 0 Å². The maximum Gasteiger partial charge on any atom is 0.219 e. The number of hydrogen-bond acceptors (Lipinski definition) is 3. The number of aryl methyl sites for hydroxylation is 1. The van der Waals surface area contributed by atoms with E-state index in [0.29, 0.717) is 11.8 Å². The van der Waals surface area contributed by atoms with E-state index < -0.39 is 0 Å². The molecule has 0 radical (unpaired) electrons. The van der Waals surface area contributed by atoms with Gasteiger partial charge in [0.1, 0.15) is 0 Å². The van der Waals surface area contributed by atoms with Gasteiger partial charge >= 0.3 is 0 Å². The van der Waals surface area contributed by atoms with Gasteiger partial charge in [-0.2, -0.15) is 0 Å². The van der Waals surface area contributed by atoms with Gasteiger partial charge in [0.05, 0.1) is 0 Å². The summed E-state index contributed by atoms with van der Waals surface area (Å²) < 4.78 is 0. The van der Waals surface area contributed by atoms with Crippen LogP contribution >= 0.6 is 11.3 Å². The lowest BCUT2D eigenvalue weighted by Gasteiger charge is -2.31. The molecule has 0 saturated carbocycles. The minimum atomic E-state index is 0.181. The molecule has 2 heterocycles. The number of nitrogens with zero attached hydrogens (tertiary/aromatic N) is 2. The van der Waals surface area contributed by atoms with E-state index in [1.165, 1.54) is 16.0 Å². The number of benzene rings is 1. The number of carbonyl (C=O) groups is 1. The first-order chi connectivity index (χ1) is 12.5. The summed E-state index contributed by atoms with van der Waals surface area (Å²) in [5, 5.41) is 2.15. The molecular formula is C22H30N2OS. The molecule has 0 N–H and O–H groups in total. The molecule has 1 saturated heterocycles. The normalized spacial score (nSPS) is 20.7. The molecule has 2 unspecified atom stereocenters. The fourth-order valence-electron chi connectivity index (χ4n) is 4.21. The van der Waals surface area contributed by atoms with E-state index in [1.807, 2.05) is 16.2 Å². The number of carbonyl (C=O) groups excluding carboxylic acids is 1. The highest BCUT2D eigenvalue weighted by Crippen LogP contribution is 2.36. The molecule has 1 aromatic carbocycles. The Bertz CT molecular complexity index is 726. The Kier molecular flexibility index (Phi) is 6.15. The van der Waals surface area contributed by atoms with Crippen molar-refractivity contribution in [3.63, 3.8) is 0 Å². The van der Waals surface area contributed by atoms with E-state index in [2.05, 4.69) is 67.4 Å². The highest BCUT2D eigenvalue weighted by Gasteiger charge is 2.36. The van der Waals surface area contributed by atoms with Crippen LogP contribution in [0.1, 0.15) is 42.7 Å². The van der Waals surface area contributed by atoms with Crippen molar-refractivity contribution in [2.24, 2.45) is 5.92 Å². The van der Waals surface area contributed by atoms with Crippen LogP contribution in [0.5, 0.6) is 0 Å². The smallest absolute Gasteiger partial charge is 0.219 e. The van der Waals surface area contributed by atoms with Crippen molar-refractivity contribution in [1.29, 1.82) is 0 Å². The van der Waals surface area contributed by atoms with E-state index in [1.54, 1.807) is 6.92 Å². The highest BCUT2D eigenvalue weighted by atomic mass is 32.1. The van der Waals surface area contributed by atoms with Crippen LogP contribution in [0.15, 0.2) is 41.8 Å². The van der Waals surface area contributed by atoms with Crippen molar-refractivity contribution in [3.8, 4) is 0 Å². The zero-order chi connectivity index (χ0) is 18.7. The van der Waals surface area contributed by atoms with Crippen LogP contribution in [0.4, 0.5) is 0 Å². The molecule has 0 spiro atoms. The van der Waals surface area contributed by atoms with Crippen molar-refractivity contribution in [2.45, 2.75) is 46.2 Å². The van der Waals surface area contributed by atoms with Gasteiger partial charge in [-0.1, -0.05) is 30.3 Å². The molecule has 2 atom stereocenters. The molecule has 4 heteroatoms. The minimum absolute atomic E-state index is 0.181. The summed E-state index contributed by atoms with van der Waals surface area (Å²) in [7, 11) is 0. The monoisotopic (exact) mass is 370 g/mol. The number of hydrogen-bond donors (Lipinski definition) is 0. The summed E-state index contributed by atoms with van der Waals surface area (Å²) in [6, 6.07) is 13.3. The Morgan fingerprint density at radius 3 is 2.62 bits per heavy atom. The second kappa shape index (κ2) is 8.36. The van der Waals surface area contributed by atoms with Crippen molar-refractivity contribution in [2.75, 3.05) is 19.6 Å². The summed E-state index contributed by atoms with van der Waals surface area (Å²) in [5.74, 6) is 1.14. The van der Waals surface area contributed by atoms with Crippen LogP contribution in [-0.2, 0) is 11.3 Å². The summed E-state index contributed by atoms with van der Waals surface area (Å²) in [5.41, 5.74) is 2.80. The van der Waals surface area contributed by atoms with Crippen LogP contribution in [-0.4, -0.2) is 41.4 Å². The lowest BCUT2D eigenvalue weighted by molar-refractivity contribution is -0.131. The fourth-order valence-corrected chi connectivity index (χ4v) is 4.95. The van der Waals surface area contributed by atoms with E-state index in [-0.39, 0.29) is 11.9 Å². The zero-order valence-corrected chi connectivity index (χ0v) is 17.1. The third-order valence-electron chi connectivity index (χ3n) is 5.52. The zero-order valence-electron chi connectivity index (χ0n) is 16.3. The summed E-state index contributed by atoms with van der Waals surface area (Å²) >= 11 is 1.83. The summed E-state index contributed by atoms with van der Waals surface area (Å²) in [6.07, 6.45) is 0. The van der Waals surface area contributed by atoms with Gasteiger partial charge in [0.15, 0.2) is 0 Å². The first kappa shape index (κ1) is 19.1. The SMILES string of the molecule is CC(=O)N(CC1CN(Cc2cccs2)CC1c1ccccc1C)C(C)C. The third-order valence-corrected chi connectivity index (χ3v) is 6.38. The predicted octanol–water partition coefficient (Wildman–Crippen LogP) is 4.53. The molecule has 1 aliphatic heterocycles. The molecule has 26 heavy (non-hydrogen) atoms. The Labute approximate surface area is 161 Å². The average Bonchev–Trinajstić information content (AvgIpc) is 3.22. The molecule has 3 nitrogen and oxygen atoms in total. The van der Waals surface area contributed by atoms with Crippen LogP contribution in [0.3, 0.4) is 0 Å². The number of amides is 1. The van der Waals surface area contributed by atoms with Gasteiger partial charge in [0, 0.05) is 49.9 Å². The van der Waals surface area contributed by atoms with Crippen molar-refractivity contribution < 1.29 is 4.79 Å². The van der Waals surface area contributed by atoms with Gasteiger partial charge in [-0.25, -0.2) is 0 Å². The molecule has 2 aromatic rings. The predicted molar refractivity (Wildman–Crippen MR) is 110 cm³/mol. The maximum atomic E-state index is 12.1. The van der Waals surface area contributed by atoms with Gasteiger partial charge in [-0.15, -0.1) is 11.3 Å². The number of likely N-dealkylation sites (tertiary alicyclic amines) is 1. The van der Waals surface area contributed by atoms with Crippen molar-refractivity contribution in [3.05, 3.63) is 57.8 Å². The molecule has 3 rings (SSSR count). The minimum Gasteiger partial charge on any atom is -0.340 e. The largest absolute Gasteiger partial charge is 0.340 e. The third kappa shape index (κ3) is 4.36. The van der Waals surface area contributed by atoms with Gasteiger partial charge in [0.2, 0.25) is 5.91 Å². The highest BCUT2D eigenvalue weighted by molar-refractivity contribution is 7.09. The second-order valence-electron chi connectivity index (χ2n) is 7.76. The van der Waals surface area contributed by atoms with Gasteiger partial charge in [0.25, 0.3) is 0 Å². The molecule has 1 amide bonds. The first-order valence-electron chi connectivity index (χ1n) is 9.53. The number of rotatable bonds is 6. The molecule has 0 aliphatic carbocycles. The topological polar surface area (TPSA) is 23.6 Å². The lowest BCUT2D eigenvalue weighted by Crippen LogP contribution is -2.40. The molecule has 1 fully saturated rings. The Hall–Kier alpha value is -1.65. The van der Waals surface area contributed by atoms with Gasteiger partial charge < -0.3 is 4.90 Å². The fraction of sp³-hybridized carbons (Fsp3) is 0.500. The molecular weight excluding hydrogens is 340 g/mol. The van der Waals surface area contributed by atoms with Gasteiger partial charge in [-0.05, 0) is 49.3 Å². The molecule has 1 aromatic heterocycles. The Balaban J connectivity index is 1.82. The van der Waals surface area contributed by atoms with Crippen LogP contribution in [0.25, 0.3) is 0 Å². The second-order valence-corrected chi connectivity index (χ2v) is 8.79. The standard InChI is InChI=1S/C22H30N2OS/c1-16(2)24(18(4)25)13-19-12-23(14-20-9-7-11-26-20)15-22(19)21-10-6-5-8-17(21)3/h5-11,16,19,22H,12-15H2,1-4H3. The molecule has 1 aliphatic rings. The van der Waals surface area contributed by atoms with Crippen molar-refractivity contribution in [1.82, 2.24) is 9.80 Å².